The highest BCUT2D eigenvalue weighted by Crippen LogP contribution is 2.64. The van der Waals surface area contributed by atoms with Gasteiger partial charge in [-0.15, -0.1) is 0 Å². The Morgan fingerprint density at radius 3 is 2.69 bits per heavy atom. The highest BCUT2D eigenvalue weighted by atomic mass is 16.3. The molecule has 0 amide bonds. The van der Waals surface area contributed by atoms with Gasteiger partial charge in [0.05, 0.1) is 17.7 Å². The van der Waals surface area contributed by atoms with Crippen LogP contribution in [-0.4, -0.2) is 26.3 Å². The van der Waals surface area contributed by atoms with E-state index in [-0.39, 0.29) is 11.3 Å². The van der Waals surface area contributed by atoms with Crippen LogP contribution in [0.2, 0.25) is 0 Å². The molecule has 0 bridgehead atoms. The molecule has 4 heteroatoms. The molecule has 1 aromatic heterocycles. The summed E-state index contributed by atoms with van der Waals surface area (Å²) in [4.78, 5) is 13.5. The summed E-state index contributed by atoms with van der Waals surface area (Å²) < 4.78 is 1.87. The van der Waals surface area contributed by atoms with Crippen LogP contribution in [0.1, 0.15) is 71.6 Å². The van der Waals surface area contributed by atoms with Crippen LogP contribution in [0.4, 0.5) is 0 Å². The molecule has 4 saturated carbocycles. The molecule has 172 valence electrons. The van der Waals surface area contributed by atoms with Gasteiger partial charge in [-0.3, -0.25) is 9.48 Å². The lowest BCUT2D eigenvalue weighted by atomic mass is 9.49. The average molecular weight is 435 g/mol. The first-order chi connectivity index (χ1) is 15.3. The van der Waals surface area contributed by atoms with Gasteiger partial charge in [-0.05, 0) is 106 Å². The summed E-state index contributed by atoms with van der Waals surface area (Å²) in [5.74, 6) is 4.43. The molecule has 4 fully saturated rings. The standard InChI is InChI=1S/C28H38N2O2/c1-27(32)13-11-20-18(15-27)7-8-22-21(20)12-14-28(2)23(22)9-10-24(28)26(31)17-30-16-19-5-3-4-6-25(19)29-30/h3-6,16,18,20-24,32H,7-15,17H2,1-2H3/t18?,20?,21-,22?,23+,24?,27-,28?/m1/s1. The highest BCUT2D eigenvalue weighted by molar-refractivity contribution is 5.83. The Balaban J connectivity index is 1.18. The third kappa shape index (κ3) is 3.28. The molecule has 1 N–H and O–H groups in total. The lowest BCUT2D eigenvalue weighted by Crippen LogP contribution is -2.51. The van der Waals surface area contributed by atoms with E-state index in [4.69, 9.17) is 0 Å². The first kappa shape index (κ1) is 20.9. The van der Waals surface area contributed by atoms with E-state index in [1.54, 1.807) is 0 Å². The first-order valence-corrected chi connectivity index (χ1v) is 13.0. The predicted molar refractivity (Wildman–Crippen MR) is 126 cm³/mol. The van der Waals surface area contributed by atoms with Gasteiger partial charge >= 0.3 is 0 Å². The van der Waals surface area contributed by atoms with Gasteiger partial charge < -0.3 is 5.11 Å². The maximum Gasteiger partial charge on any atom is 0.157 e. The molecule has 0 radical (unpaired) electrons. The number of hydrogen-bond donors (Lipinski definition) is 1. The van der Waals surface area contributed by atoms with Crippen LogP contribution in [0.15, 0.2) is 30.5 Å². The smallest absolute Gasteiger partial charge is 0.157 e. The zero-order valence-electron chi connectivity index (χ0n) is 19.7. The van der Waals surface area contributed by atoms with Crippen LogP contribution >= 0.6 is 0 Å². The van der Waals surface area contributed by atoms with E-state index in [9.17, 15) is 9.90 Å². The fourth-order valence-corrected chi connectivity index (χ4v) is 8.98. The second kappa shape index (κ2) is 7.41. The summed E-state index contributed by atoms with van der Waals surface area (Å²) in [6, 6.07) is 8.12. The number of fused-ring (bicyclic) bond motifs is 6. The molecule has 8 atom stereocenters. The minimum absolute atomic E-state index is 0.165. The molecule has 0 aliphatic heterocycles. The second-order valence-corrected chi connectivity index (χ2v) is 12.2. The van der Waals surface area contributed by atoms with Crippen molar-refractivity contribution in [1.82, 2.24) is 9.78 Å². The summed E-state index contributed by atoms with van der Waals surface area (Å²) in [7, 11) is 0. The zero-order valence-corrected chi connectivity index (χ0v) is 19.7. The van der Waals surface area contributed by atoms with Crippen molar-refractivity contribution < 1.29 is 9.90 Å². The van der Waals surface area contributed by atoms with Gasteiger partial charge in [-0.25, -0.2) is 0 Å². The molecule has 32 heavy (non-hydrogen) atoms. The molecular weight excluding hydrogens is 396 g/mol. The van der Waals surface area contributed by atoms with Crippen LogP contribution in [0.5, 0.6) is 0 Å². The van der Waals surface area contributed by atoms with Crippen molar-refractivity contribution in [1.29, 1.82) is 0 Å². The summed E-state index contributed by atoms with van der Waals surface area (Å²) >= 11 is 0. The van der Waals surface area contributed by atoms with Crippen molar-refractivity contribution in [2.24, 2.45) is 40.9 Å². The molecule has 2 aromatic rings. The maximum absolute atomic E-state index is 13.5. The maximum atomic E-state index is 13.5. The monoisotopic (exact) mass is 434 g/mol. The molecule has 4 nitrogen and oxygen atoms in total. The molecule has 0 spiro atoms. The number of carbonyl (C=O) groups excluding carboxylic acids is 1. The zero-order chi connectivity index (χ0) is 22.1. The first-order valence-electron chi connectivity index (χ1n) is 13.0. The lowest BCUT2D eigenvalue weighted by molar-refractivity contribution is -0.133. The van der Waals surface area contributed by atoms with E-state index in [2.05, 4.69) is 18.1 Å². The van der Waals surface area contributed by atoms with E-state index in [0.717, 1.165) is 53.8 Å². The van der Waals surface area contributed by atoms with Gasteiger partial charge in [0, 0.05) is 17.5 Å². The van der Waals surface area contributed by atoms with Gasteiger partial charge in [0.2, 0.25) is 0 Å². The Hall–Kier alpha value is -1.68. The molecular formula is C28H38N2O2. The molecule has 4 aliphatic rings. The number of hydrogen-bond acceptors (Lipinski definition) is 3. The van der Waals surface area contributed by atoms with Gasteiger partial charge in [-0.1, -0.05) is 25.1 Å². The van der Waals surface area contributed by atoms with Crippen molar-refractivity contribution in [3.63, 3.8) is 0 Å². The average Bonchev–Trinajstić information content (AvgIpc) is 3.32. The largest absolute Gasteiger partial charge is 0.390 e. The number of Topliss-reactive ketones (excluding diaryl/α,β-unsaturated/α-hetero) is 1. The number of aliphatic hydroxyl groups is 1. The minimum atomic E-state index is -0.445. The summed E-state index contributed by atoms with van der Waals surface area (Å²) in [5, 5.41) is 16.4. The highest BCUT2D eigenvalue weighted by Gasteiger charge is 2.58. The molecule has 4 aliphatic carbocycles. The summed E-state index contributed by atoms with van der Waals surface area (Å²) in [5.41, 5.74) is 0.691. The van der Waals surface area contributed by atoms with Crippen molar-refractivity contribution in [3.05, 3.63) is 30.5 Å². The van der Waals surface area contributed by atoms with Gasteiger partial charge in [0.15, 0.2) is 5.78 Å². The van der Waals surface area contributed by atoms with Crippen LogP contribution in [0.3, 0.4) is 0 Å². The van der Waals surface area contributed by atoms with Crippen molar-refractivity contribution in [3.8, 4) is 0 Å². The number of ketones is 1. The Kier molecular flexibility index (Phi) is 4.84. The van der Waals surface area contributed by atoms with Crippen LogP contribution in [0.25, 0.3) is 10.9 Å². The fourth-order valence-electron chi connectivity index (χ4n) is 8.98. The summed E-state index contributed by atoms with van der Waals surface area (Å²) in [6.45, 7) is 4.90. The molecule has 1 aromatic carbocycles. The molecule has 5 unspecified atom stereocenters. The number of nitrogens with zero attached hydrogens (tertiary/aromatic N) is 2. The number of aromatic nitrogens is 2. The normalized spacial score (nSPS) is 43.5. The molecule has 0 saturated heterocycles. The van der Waals surface area contributed by atoms with Crippen molar-refractivity contribution in [2.75, 3.05) is 0 Å². The molecule has 6 rings (SSSR count). The minimum Gasteiger partial charge on any atom is -0.390 e. The predicted octanol–water partition coefficient (Wildman–Crippen LogP) is 5.63. The number of carbonyl (C=O) groups is 1. The van der Waals surface area contributed by atoms with Gasteiger partial charge in [0.25, 0.3) is 0 Å². The Morgan fingerprint density at radius 1 is 1.03 bits per heavy atom. The molecule has 1 heterocycles. The fraction of sp³-hybridized carbons (Fsp3) is 0.714. The van der Waals surface area contributed by atoms with Crippen molar-refractivity contribution in [2.45, 2.75) is 83.8 Å². The van der Waals surface area contributed by atoms with E-state index in [0.29, 0.717) is 18.2 Å². The Morgan fingerprint density at radius 2 is 1.84 bits per heavy atom. The van der Waals surface area contributed by atoms with E-state index < -0.39 is 5.60 Å². The van der Waals surface area contributed by atoms with E-state index in [1.165, 1.54) is 38.5 Å². The third-order valence-electron chi connectivity index (χ3n) is 10.4. The quantitative estimate of drug-likeness (QED) is 0.682. The topological polar surface area (TPSA) is 55.1 Å². The Labute approximate surface area is 191 Å². The van der Waals surface area contributed by atoms with E-state index >= 15 is 0 Å². The summed E-state index contributed by atoms with van der Waals surface area (Å²) in [6.07, 6.45) is 12.6. The second-order valence-electron chi connectivity index (χ2n) is 12.2. The number of rotatable bonds is 3. The van der Waals surface area contributed by atoms with Gasteiger partial charge in [-0.2, -0.15) is 5.10 Å². The van der Waals surface area contributed by atoms with Crippen LogP contribution < -0.4 is 0 Å². The lowest BCUT2D eigenvalue weighted by Gasteiger charge is -2.56. The van der Waals surface area contributed by atoms with Gasteiger partial charge in [0.1, 0.15) is 0 Å². The SMILES string of the molecule is CC12CC[C@@H]3C4CC[C@@](C)(O)CC4CCC3[C@@H]1CCC2C(=O)Cn1cc2ccccc2n1. The number of benzene rings is 1. The Bertz CT molecular complexity index is 992. The van der Waals surface area contributed by atoms with Crippen molar-refractivity contribution >= 4 is 16.7 Å². The van der Waals surface area contributed by atoms with Crippen LogP contribution in [-0.2, 0) is 11.3 Å². The van der Waals surface area contributed by atoms with Crippen LogP contribution in [0, 0.1) is 40.9 Å². The third-order valence-corrected chi connectivity index (χ3v) is 10.4. The van der Waals surface area contributed by atoms with E-state index in [1.807, 2.05) is 36.0 Å².